The molecule has 5 rings (SSSR count). The number of hydrogen-bond donors (Lipinski definition) is 1. The summed E-state index contributed by atoms with van der Waals surface area (Å²) in [5.74, 6) is -0.500. The SMILES string of the molecule is O=C(NCc1ccccc1)c1ccc2c(c1)N(Cc1ccccc1)C(=O)c1ccccc1[S@]2=O. The van der Waals surface area contributed by atoms with Crippen molar-refractivity contribution in [3.05, 3.63) is 125 Å². The van der Waals surface area contributed by atoms with Crippen LogP contribution in [0.3, 0.4) is 0 Å². The first-order valence-corrected chi connectivity index (χ1v) is 12.1. The molecule has 4 aromatic carbocycles. The Kier molecular flexibility index (Phi) is 6.06. The van der Waals surface area contributed by atoms with Gasteiger partial charge in [0.2, 0.25) is 0 Å². The molecule has 1 aliphatic heterocycles. The van der Waals surface area contributed by atoms with Gasteiger partial charge in [-0.05, 0) is 41.5 Å². The number of fused-ring (bicyclic) bond motifs is 2. The summed E-state index contributed by atoms with van der Waals surface area (Å²) in [6, 6.07) is 31.3. The van der Waals surface area contributed by atoms with E-state index in [1.807, 2.05) is 60.7 Å². The first kappa shape index (κ1) is 21.8. The van der Waals surface area contributed by atoms with E-state index in [-0.39, 0.29) is 11.8 Å². The average Bonchev–Trinajstić information content (AvgIpc) is 2.98. The molecule has 0 saturated carbocycles. The topological polar surface area (TPSA) is 66.5 Å². The zero-order chi connectivity index (χ0) is 23.5. The first-order chi connectivity index (χ1) is 16.6. The summed E-state index contributed by atoms with van der Waals surface area (Å²) >= 11 is 0. The van der Waals surface area contributed by atoms with Crippen LogP contribution in [0, 0.1) is 0 Å². The lowest BCUT2D eigenvalue weighted by Crippen LogP contribution is -2.31. The predicted octanol–water partition coefficient (Wildman–Crippen LogP) is 4.94. The quantitative estimate of drug-likeness (QED) is 0.453. The van der Waals surface area contributed by atoms with Crippen molar-refractivity contribution in [3.63, 3.8) is 0 Å². The Morgan fingerprint density at radius 2 is 1.41 bits per heavy atom. The Morgan fingerprint density at radius 3 is 2.15 bits per heavy atom. The number of carbonyl (C=O) groups is 2. The van der Waals surface area contributed by atoms with E-state index in [2.05, 4.69) is 5.32 Å². The number of rotatable bonds is 5. The van der Waals surface area contributed by atoms with Crippen molar-refractivity contribution < 1.29 is 13.8 Å². The molecular formula is C28H22N2O3S. The van der Waals surface area contributed by atoms with E-state index < -0.39 is 10.8 Å². The molecular weight excluding hydrogens is 444 g/mol. The summed E-state index contributed by atoms with van der Waals surface area (Å²) in [6.45, 7) is 0.689. The van der Waals surface area contributed by atoms with Crippen LogP contribution in [0.5, 0.6) is 0 Å². The number of carbonyl (C=O) groups excluding carboxylic acids is 2. The lowest BCUT2D eigenvalue weighted by atomic mass is 10.1. The molecule has 0 spiro atoms. The predicted molar refractivity (Wildman–Crippen MR) is 132 cm³/mol. The van der Waals surface area contributed by atoms with E-state index in [9.17, 15) is 13.8 Å². The molecule has 1 N–H and O–H groups in total. The minimum atomic E-state index is -1.56. The summed E-state index contributed by atoms with van der Waals surface area (Å²) in [4.78, 5) is 29.2. The Labute approximate surface area is 200 Å². The lowest BCUT2D eigenvalue weighted by Gasteiger charge is -2.23. The van der Waals surface area contributed by atoms with Crippen molar-refractivity contribution in [1.82, 2.24) is 5.32 Å². The molecule has 2 amide bonds. The van der Waals surface area contributed by atoms with Gasteiger partial charge in [0.15, 0.2) is 0 Å². The first-order valence-electron chi connectivity index (χ1n) is 10.9. The van der Waals surface area contributed by atoms with E-state index in [1.165, 1.54) is 0 Å². The molecule has 1 aliphatic rings. The van der Waals surface area contributed by atoms with Crippen LogP contribution in [0.15, 0.2) is 113 Å². The van der Waals surface area contributed by atoms with Crippen molar-refractivity contribution in [1.29, 1.82) is 0 Å². The maximum absolute atomic E-state index is 13.6. The fourth-order valence-corrected chi connectivity index (χ4v) is 5.35. The summed E-state index contributed by atoms with van der Waals surface area (Å²) < 4.78 is 13.5. The van der Waals surface area contributed by atoms with Crippen LogP contribution in [-0.2, 0) is 23.9 Å². The molecule has 0 bridgehead atoms. The van der Waals surface area contributed by atoms with Gasteiger partial charge in [0.1, 0.15) is 0 Å². The minimum Gasteiger partial charge on any atom is -0.348 e. The van der Waals surface area contributed by atoms with Crippen LogP contribution in [0.2, 0.25) is 0 Å². The zero-order valence-electron chi connectivity index (χ0n) is 18.3. The number of nitrogens with zero attached hydrogens (tertiary/aromatic N) is 1. The van der Waals surface area contributed by atoms with Gasteiger partial charge in [0.25, 0.3) is 11.8 Å². The highest BCUT2D eigenvalue weighted by atomic mass is 32.2. The highest BCUT2D eigenvalue weighted by Crippen LogP contribution is 2.36. The van der Waals surface area contributed by atoms with Crippen LogP contribution in [0.4, 0.5) is 5.69 Å². The fourth-order valence-electron chi connectivity index (χ4n) is 4.01. The summed E-state index contributed by atoms with van der Waals surface area (Å²) in [5.41, 5.74) is 3.22. The average molecular weight is 467 g/mol. The molecule has 168 valence electrons. The van der Waals surface area contributed by atoms with Gasteiger partial charge >= 0.3 is 0 Å². The molecule has 0 unspecified atom stereocenters. The Hall–Kier alpha value is -4.03. The molecule has 6 heteroatoms. The minimum absolute atomic E-state index is 0.242. The second-order valence-electron chi connectivity index (χ2n) is 7.99. The van der Waals surface area contributed by atoms with E-state index in [0.29, 0.717) is 39.7 Å². The molecule has 5 nitrogen and oxygen atoms in total. The summed E-state index contributed by atoms with van der Waals surface area (Å²) in [6.07, 6.45) is 0. The summed E-state index contributed by atoms with van der Waals surface area (Å²) in [5, 5.41) is 2.92. The molecule has 0 aliphatic carbocycles. The third-order valence-corrected chi connectivity index (χ3v) is 7.25. The molecule has 0 radical (unpaired) electrons. The highest BCUT2D eigenvalue weighted by molar-refractivity contribution is 7.85. The van der Waals surface area contributed by atoms with E-state index in [0.717, 1.165) is 11.1 Å². The number of nitrogens with one attached hydrogen (secondary N) is 1. The third-order valence-electron chi connectivity index (χ3n) is 5.75. The molecule has 34 heavy (non-hydrogen) atoms. The van der Waals surface area contributed by atoms with Crippen molar-refractivity contribution in [2.45, 2.75) is 22.9 Å². The van der Waals surface area contributed by atoms with E-state index in [1.54, 1.807) is 47.4 Å². The largest absolute Gasteiger partial charge is 0.348 e. The van der Waals surface area contributed by atoms with E-state index in [4.69, 9.17) is 0 Å². The van der Waals surface area contributed by atoms with Gasteiger partial charge in [0, 0.05) is 12.1 Å². The van der Waals surface area contributed by atoms with Crippen molar-refractivity contribution in [2.24, 2.45) is 0 Å². The number of benzene rings is 4. The van der Waals surface area contributed by atoms with Crippen molar-refractivity contribution >= 4 is 28.3 Å². The lowest BCUT2D eigenvalue weighted by molar-refractivity contribution is 0.0947. The van der Waals surface area contributed by atoms with Crippen LogP contribution in [-0.4, -0.2) is 16.0 Å². The van der Waals surface area contributed by atoms with Crippen molar-refractivity contribution in [2.75, 3.05) is 4.90 Å². The van der Waals surface area contributed by atoms with Crippen LogP contribution < -0.4 is 10.2 Å². The molecule has 4 aromatic rings. The maximum atomic E-state index is 13.6. The number of amides is 2. The van der Waals surface area contributed by atoms with Crippen molar-refractivity contribution in [3.8, 4) is 0 Å². The van der Waals surface area contributed by atoms with Crippen LogP contribution in [0.25, 0.3) is 0 Å². The molecule has 0 saturated heterocycles. The van der Waals surface area contributed by atoms with Crippen LogP contribution >= 0.6 is 0 Å². The van der Waals surface area contributed by atoms with Crippen LogP contribution in [0.1, 0.15) is 31.8 Å². The monoisotopic (exact) mass is 466 g/mol. The number of hydrogen-bond acceptors (Lipinski definition) is 3. The van der Waals surface area contributed by atoms with E-state index >= 15 is 0 Å². The van der Waals surface area contributed by atoms with Gasteiger partial charge in [-0.25, -0.2) is 4.21 Å². The van der Waals surface area contributed by atoms with Gasteiger partial charge in [-0.15, -0.1) is 0 Å². The molecule has 0 aromatic heterocycles. The van der Waals surface area contributed by atoms with Gasteiger partial charge < -0.3 is 10.2 Å². The second kappa shape index (κ2) is 9.45. The Bertz CT molecular complexity index is 1390. The highest BCUT2D eigenvalue weighted by Gasteiger charge is 2.31. The number of anilines is 1. The standard InChI is InChI=1S/C28H22N2O3S/c31-27(29-18-20-9-3-1-4-10-20)22-15-16-26-24(17-22)30(19-21-11-5-2-6-12-21)28(32)23-13-7-8-14-25(23)34(26)33/h1-17H,18-19H2,(H,29,31)/t34-/m1/s1. The van der Waals surface area contributed by atoms with Gasteiger partial charge in [-0.3, -0.25) is 9.59 Å². The van der Waals surface area contributed by atoms with Gasteiger partial charge in [0.05, 0.1) is 38.4 Å². The van der Waals surface area contributed by atoms with Gasteiger partial charge in [-0.2, -0.15) is 0 Å². The molecule has 1 heterocycles. The Balaban J connectivity index is 1.54. The second-order valence-corrected chi connectivity index (χ2v) is 9.41. The molecule has 1 atom stereocenters. The third kappa shape index (κ3) is 4.28. The smallest absolute Gasteiger partial charge is 0.259 e. The van der Waals surface area contributed by atoms with Gasteiger partial charge in [-0.1, -0.05) is 72.8 Å². The maximum Gasteiger partial charge on any atom is 0.259 e. The fraction of sp³-hybridized carbons (Fsp3) is 0.0714. The summed E-state index contributed by atoms with van der Waals surface area (Å²) in [7, 11) is -1.56. The zero-order valence-corrected chi connectivity index (χ0v) is 19.1. The Morgan fingerprint density at radius 1 is 0.765 bits per heavy atom. The normalized spacial score (nSPS) is 14.6. The molecule has 0 fully saturated rings.